The van der Waals surface area contributed by atoms with Gasteiger partial charge in [-0.2, -0.15) is 0 Å². The fraction of sp³-hybridized carbons (Fsp3) is 0.710. The van der Waals surface area contributed by atoms with E-state index in [9.17, 15) is 9.90 Å². The highest BCUT2D eigenvalue weighted by molar-refractivity contribution is 6.74. The molecule has 6 heteroatoms. The topological polar surface area (TPSA) is 65.0 Å². The third kappa shape index (κ3) is 6.51. The molecule has 37 heavy (non-hydrogen) atoms. The zero-order chi connectivity index (χ0) is 26.8. The van der Waals surface area contributed by atoms with Crippen LogP contribution >= 0.6 is 0 Å². The van der Waals surface area contributed by atoms with Gasteiger partial charge in [-0.05, 0) is 85.2 Å². The molecule has 2 fully saturated rings. The van der Waals surface area contributed by atoms with Crippen LogP contribution in [0.2, 0.25) is 18.1 Å². The summed E-state index contributed by atoms with van der Waals surface area (Å²) in [5, 5.41) is 11.2. The van der Waals surface area contributed by atoms with E-state index in [1.54, 1.807) is 0 Å². The molecule has 3 aliphatic rings. The monoisotopic (exact) mass is 528 g/mol. The van der Waals surface area contributed by atoms with Crippen molar-refractivity contribution >= 4 is 14.3 Å². The van der Waals surface area contributed by atoms with Gasteiger partial charge in [-0.1, -0.05) is 64.3 Å². The van der Waals surface area contributed by atoms with Gasteiger partial charge in [-0.15, -0.1) is 0 Å². The smallest absolute Gasteiger partial charge is 0.343 e. The van der Waals surface area contributed by atoms with E-state index in [1.165, 1.54) is 37.5 Å². The highest BCUT2D eigenvalue weighted by Gasteiger charge is 2.49. The van der Waals surface area contributed by atoms with Crippen molar-refractivity contribution in [1.82, 2.24) is 0 Å². The van der Waals surface area contributed by atoms with Crippen molar-refractivity contribution in [2.45, 2.75) is 102 Å². The molecule has 1 aromatic carbocycles. The van der Waals surface area contributed by atoms with Gasteiger partial charge in [0.25, 0.3) is 0 Å². The molecule has 1 aromatic rings. The number of hydrogen-bond donors (Lipinski definition) is 1. The summed E-state index contributed by atoms with van der Waals surface area (Å²) in [4.78, 5) is 11.7. The molecule has 0 radical (unpaired) electrons. The first kappa shape index (κ1) is 28.4. The van der Waals surface area contributed by atoms with Crippen LogP contribution < -0.4 is 4.74 Å². The van der Waals surface area contributed by atoms with Gasteiger partial charge < -0.3 is 19.0 Å². The fourth-order valence-electron chi connectivity index (χ4n) is 6.46. The Kier molecular flexibility index (Phi) is 8.92. The molecule has 0 amide bonds. The predicted molar refractivity (Wildman–Crippen MR) is 150 cm³/mol. The zero-order valence-electron chi connectivity index (χ0n) is 23.8. The van der Waals surface area contributed by atoms with Gasteiger partial charge in [0.05, 0.1) is 19.3 Å². The number of aliphatic hydroxyl groups is 1. The summed E-state index contributed by atoms with van der Waals surface area (Å²) in [6.45, 7) is 11.5. The number of fused-ring (bicyclic) bond motifs is 2. The van der Waals surface area contributed by atoms with Gasteiger partial charge >= 0.3 is 5.97 Å². The number of aliphatic hydroxyl groups excluding tert-OH is 1. The number of rotatable bonds is 8. The molecule has 0 saturated heterocycles. The van der Waals surface area contributed by atoms with Crippen molar-refractivity contribution in [2.75, 3.05) is 13.7 Å². The summed E-state index contributed by atoms with van der Waals surface area (Å²) in [5.74, 6) is 2.10. The Hall–Kier alpha value is -1.63. The molecule has 206 valence electrons. The minimum absolute atomic E-state index is 0.0669. The maximum atomic E-state index is 11.7. The number of benzene rings is 1. The first-order valence-electron chi connectivity index (χ1n) is 14.3. The SMILES string of the molecule is COC(=O)COc1cccc2c1C[C@H]1C[C@@H](O[Si](C)(C)C(C)(C)C)[C@H](/C=C/[C@@H](O)C3CCCCC3)[C@H]1C2. The fourth-order valence-corrected chi connectivity index (χ4v) is 7.83. The number of methoxy groups -OCH3 is 1. The van der Waals surface area contributed by atoms with Crippen molar-refractivity contribution in [3.8, 4) is 5.75 Å². The number of carbonyl (C=O) groups excluding carboxylic acids is 1. The number of carbonyl (C=O) groups is 1. The second-order valence-corrected chi connectivity index (χ2v) is 17.9. The van der Waals surface area contributed by atoms with Crippen LogP contribution in [-0.4, -0.2) is 45.3 Å². The molecule has 2 saturated carbocycles. The molecule has 0 heterocycles. The lowest BCUT2D eigenvalue weighted by atomic mass is 9.74. The number of hydrogen-bond acceptors (Lipinski definition) is 5. The van der Waals surface area contributed by atoms with Crippen molar-refractivity contribution in [3.05, 3.63) is 41.5 Å². The van der Waals surface area contributed by atoms with Gasteiger partial charge in [0.2, 0.25) is 0 Å². The van der Waals surface area contributed by atoms with E-state index in [0.717, 1.165) is 37.9 Å². The zero-order valence-corrected chi connectivity index (χ0v) is 24.8. The van der Waals surface area contributed by atoms with Gasteiger partial charge in [0.1, 0.15) is 5.75 Å². The molecule has 3 aliphatic carbocycles. The molecule has 0 aliphatic heterocycles. The summed E-state index contributed by atoms with van der Waals surface area (Å²) in [6.07, 6.45) is 13.2. The molecule has 0 spiro atoms. The third-order valence-electron chi connectivity index (χ3n) is 9.70. The molecule has 5 atom stereocenters. The molecule has 5 nitrogen and oxygen atoms in total. The standard InChI is InChI=1S/C31H48O5Si/c1-31(2,3)37(5,6)36-29-19-23-18-26-22(13-10-14-28(26)35-20-30(33)34-4)17-25(23)24(29)15-16-27(32)21-11-8-7-9-12-21/h10,13-16,21,23-25,27,29,32H,7-9,11-12,17-20H2,1-6H3/b16-15+/t23-,24+,25-,27+,29+/m0/s1. The van der Waals surface area contributed by atoms with E-state index >= 15 is 0 Å². The lowest BCUT2D eigenvalue weighted by Gasteiger charge is -2.40. The van der Waals surface area contributed by atoms with Gasteiger partial charge in [0.15, 0.2) is 14.9 Å². The summed E-state index contributed by atoms with van der Waals surface area (Å²) in [5.41, 5.74) is 2.54. The normalized spacial score (nSPS) is 27.5. The van der Waals surface area contributed by atoms with E-state index in [2.05, 4.69) is 52.1 Å². The van der Waals surface area contributed by atoms with Crippen molar-refractivity contribution in [1.29, 1.82) is 0 Å². The molecular formula is C31H48O5Si. The molecule has 1 N–H and O–H groups in total. The maximum absolute atomic E-state index is 11.7. The van der Waals surface area contributed by atoms with Crippen LogP contribution in [0.25, 0.3) is 0 Å². The summed E-state index contributed by atoms with van der Waals surface area (Å²) >= 11 is 0. The highest BCUT2D eigenvalue weighted by atomic mass is 28.4. The van der Waals surface area contributed by atoms with Crippen LogP contribution in [0.4, 0.5) is 0 Å². The van der Waals surface area contributed by atoms with Crippen LogP contribution in [0, 0.1) is 23.7 Å². The highest BCUT2D eigenvalue weighted by Crippen LogP contribution is 2.50. The largest absolute Gasteiger partial charge is 0.482 e. The van der Waals surface area contributed by atoms with Crippen LogP contribution in [0.5, 0.6) is 5.75 Å². The molecule has 0 bridgehead atoms. The van der Waals surface area contributed by atoms with Gasteiger partial charge in [0, 0.05) is 5.92 Å². The number of ether oxygens (including phenoxy) is 2. The van der Waals surface area contributed by atoms with Crippen LogP contribution in [-0.2, 0) is 26.8 Å². The molecule has 4 rings (SSSR count). The van der Waals surface area contributed by atoms with Gasteiger partial charge in [-0.25, -0.2) is 4.79 Å². The van der Waals surface area contributed by atoms with Crippen LogP contribution in [0.3, 0.4) is 0 Å². The quantitative estimate of drug-likeness (QED) is 0.238. The van der Waals surface area contributed by atoms with Crippen molar-refractivity contribution < 1.29 is 23.8 Å². The Morgan fingerprint density at radius 1 is 1.16 bits per heavy atom. The minimum Gasteiger partial charge on any atom is -0.482 e. The Bertz CT molecular complexity index is 959. The minimum atomic E-state index is -1.96. The first-order chi connectivity index (χ1) is 17.5. The second-order valence-electron chi connectivity index (χ2n) is 13.1. The Morgan fingerprint density at radius 3 is 2.57 bits per heavy atom. The van der Waals surface area contributed by atoms with Crippen molar-refractivity contribution in [3.63, 3.8) is 0 Å². The van der Waals surface area contributed by atoms with E-state index in [1.807, 2.05) is 12.1 Å². The first-order valence-corrected chi connectivity index (χ1v) is 17.3. The molecule has 0 aromatic heterocycles. The van der Waals surface area contributed by atoms with Crippen molar-refractivity contribution in [2.24, 2.45) is 23.7 Å². The molecular weight excluding hydrogens is 480 g/mol. The van der Waals surface area contributed by atoms with Crippen LogP contribution in [0.1, 0.15) is 70.4 Å². The molecule has 0 unspecified atom stereocenters. The Balaban J connectivity index is 1.57. The summed E-state index contributed by atoms with van der Waals surface area (Å²) in [7, 11) is -0.572. The maximum Gasteiger partial charge on any atom is 0.343 e. The lowest BCUT2D eigenvalue weighted by molar-refractivity contribution is -0.142. The van der Waals surface area contributed by atoms with Gasteiger partial charge in [-0.3, -0.25) is 0 Å². The van der Waals surface area contributed by atoms with E-state index in [0.29, 0.717) is 23.7 Å². The Morgan fingerprint density at radius 2 is 1.89 bits per heavy atom. The number of esters is 1. The lowest BCUT2D eigenvalue weighted by Crippen LogP contribution is -2.45. The third-order valence-corrected chi connectivity index (χ3v) is 14.2. The van der Waals surface area contributed by atoms with E-state index in [-0.39, 0.29) is 29.8 Å². The second kappa shape index (κ2) is 11.6. The van der Waals surface area contributed by atoms with E-state index in [4.69, 9.17) is 13.9 Å². The average molecular weight is 529 g/mol. The summed E-state index contributed by atoms with van der Waals surface area (Å²) in [6, 6.07) is 6.21. The Labute approximate surface area is 225 Å². The average Bonchev–Trinajstić information content (AvgIpc) is 3.19. The van der Waals surface area contributed by atoms with Crippen LogP contribution in [0.15, 0.2) is 30.4 Å². The summed E-state index contributed by atoms with van der Waals surface area (Å²) < 4.78 is 17.7. The predicted octanol–water partition coefficient (Wildman–Crippen LogP) is 6.48. The van der Waals surface area contributed by atoms with E-state index < -0.39 is 8.32 Å².